The van der Waals surface area contributed by atoms with E-state index in [2.05, 4.69) is 20.9 Å². The predicted octanol–water partition coefficient (Wildman–Crippen LogP) is 5.09. The highest BCUT2D eigenvalue weighted by Gasteiger charge is 2.18. The zero-order valence-electron chi connectivity index (χ0n) is 9.81. The molecule has 1 aromatic heterocycles. The van der Waals surface area contributed by atoms with E-state index >= 15 is 0 Å². The average Bonchev–Trinajstić information content (AvgIpc) is 2.19. The van der Waals surface area contributed by atoms with Crippen LogP contribution in [0.2, 0.25) is 5.02 Å². The van der Waals surface area contributed by atoms with E-state index in [1.807, 2.05) is 26.8 Å². The number of benzene rings is 1. The second-order valence-corrected chi connectivity index (χ2v) is 6.28. The normalized spacial score (nSPS) is 12.1. The Morgan fingerprint density at radius 1 is 1.24 bits per heavy atom. The monoisotopic (exact) mass is 315 g/mol. The first kappa shape index (κ1) is 12.8. The minimum absolute atomic E-state index is 0.110. The highest BCUT2D eigenvalue weighted by molar-refractivity contribution is 9.10. The van der Waals surface area contributed by atoms with Crippen molar-refractivity contribution >= 4 is 38.4 Å². The van der Waals surface area contributed by atoms with Crippen molar-refractivity contribution in [2.45, 2.75) is 26.2 Å². The zero-order valence-corrected chi connectivity index (χ0v) is 12.2. The van der Waals surface area contributed by atoms with Gasteiger partial charge in [-0.1, -0.05) is 32.4 Å². The van der Waals surface area contributed by atoms with Gasteiger partial charge in [0.2, 0.25) is 0 Å². The fourth-order valence-electron chi connectivity index (χ4n) is 1.56. The second-order valence-electron chi connectivity index (χ2n) is 5.02. The lowest BCUT2D eigenvalue weighted by atomic mass is 9.91. The molecule has 0 fully saturated rings. The van der Waals surface area contributed by atoms with Crippen LogP contribution in [0.25, 0.3) is 10.9 Å². The molecule has 0 atom stereocenters. The number of halogens is 3. The van der Waals surface area contributed by atoms with Crippen molar-refractivity contribution in [3.63, 3.8) is 0 Å². The van der Waals surface area contributed by atoms with Gasteiger partial charge >= 0.3 is 0 Å². The van der Waals surface area contributed by atoms with Crippen LogP contribution in [0.1, 0.15) is 26.5 Å². The van der Waals surface area contributed by atoms with Crippen LogP contribution in [0.3, 0.4) is 0 Å². The Labute approximate surface area is 113 Å². The third kappa shape index (κ3) is 2.45. The van der Waals surface area contributed by atoms with E-state index in [9.17, 15) is 4.39 Å². The lowest BCUT2D eigenvalue weighted by molar-refractivity contribution is 0.571. The Kier molecular flexibility index (Phi) is 3.17. The highest BCUT2D eigenvalue weighted by atomic mass is 79.9. The number of nitrogens with zero attached hydrogens (tertiary/aromatic N) is 1. The summed E-state index contributed by atoms with van der Waals surface area (Å²) in [6.45, 7) is 6.14. The van der Waals surface area contributed by atoms with E-state index < -0.39 is 0 Å². The lowest BCUT2D eigenvalue weighted by Crippen LogP contribution is -2.13. The van der Waals surface area contributed by atoms with Crippen LogP contribution in [0.15, 0.2) is 22.7 Å². The molecule has 17 heavy (non-hydrogen) atoms. The molecule has 2 rings (SSSR count). The van der Waals surface area contributed by atoms with Crippen molar-refractivity contribution in [3.05, 3.63) is 39.2 Å². The molecular weight excluding hydrogens is 305 g/mol. The van der Waals surface area contributed by atoms with Gasteiger partial charge in [-0.3, -0.25) is 4.98 Å². The Morgan fingerprint density at radius 3 is 2.47 bits per heavy atom. The van der Waals surface area contributed by atoms with Crippen LogP contribution < -0.4 is 0 Å². The molecule has 0 aliphatic carbocycles. The number of pyridine rings is 1. The fourth-order valence-corrected chi connectivity index (χ4v) is 2.16. The van der Waals surface area contributed by atoms with Crippen molar-refractivity contribution in [1.29, 1.82) is 0 Å². The molecule has 0 radical (unpaired) electrons. The fraction of sp³-hybridized carbons (Fsp3) is 0.308. The van der Waals surface area contributed by atoms with Crippen LogP contribution in [-0.2, 0) is 5.41 Å². The van der Waals surface area contributed by atoms with E-state index in [1.54, 1.807) is 6.07 Å². The maximum Gasteiger partial charge on any atom is 0.139 e. The maximum absolute atomic E-state index is 13.5. The summed E-state index contributed by atoms with van der Waals surface area (Å²) in [6, 6.07) is 4.90. The molecule has 0 unspecified atom stereocenters. The number of rotatable bonds is 0. The van der Waals surface area contributed by atoms with Gasteiger partial charge in [-0.2, -0.15) is 0 Å². The standard InChI is InChI=1S/C13H12BrClFN/c1-13(2,3)12-5-9(15)7-4-8(14)10(16)6-11(7)17-12/h4-6H,1-3H3. The van der Waals surface area contributed by atoms with Gasteiger partial charge in [0.1, 0.15) is 5.82 Å². The van der Waals surface area contributed by atoms with Gasteiger partial charge in [0.05, 0.1) is 15.0 Å². The van der Waals surface area contributed by atoms with Gasteiger partial charge in [-0.25, -0.2) is 4.39 Å². The van der Waals surface area contributed by atoms with Crippen molar-refractivity contribution < 1.29 is 4.39 Å². The molecule has 4 heteroatoms. The summed E-state index contributed by atoms with van der Waals surface area (Å²) in [5, 5.41) is 1.36. The quantitative estimate of drug-likeness (QED) is 0.660. The van der Waals surface area contributed by atoms with Crippen LogP contribution in [0.5, 0.6) is 0 Å². The average molecular weight is 317 g/mol. The van der Waals surface area contributed by atoms with Gasteiger partial charge in [-0.15, -0.1) is 0 Å². The first-order valence-corrected chi connectivity index (χ1v) is 6.42. The van der Waals surface area contributed by atoms with Crippen molar-refractivity contribution in [2.24, 2.45) is 0 Å². The molecule has 0 N–H and O–H groups in total. The minimum Gasteiger partial charge on any atom is -0.252 e. The molecule has 0 bridgehead atoms. The number of fused-ring (bicyclic) bond motifs is 1. The molecule has 1 nitrogen and oxygen atoms in total. The Hall–Kier alpha value is -0.670. The predicted molar refractivity (Wildman–Crippen MR) is 73.1 cm³/mol. The van der Waals surface area contributed by atoms with Gasteiger partial charge in [0.15, 0.2) is 0 Å². The Morgan fingerprint density at radius 2 is 1.88 bits per heavy atom. The SMILES string of the molecule is CC(C)(C)c1cc(Cl)c2cc(Br)c(F)cc2n1. The van der Waals surface area contributed by atoms with Crippen LogP contribution in [0, 0.1) is 5.82 Å². The Balaban J connectivity index is 2.78. The molecule has 0 aliphatic rings. The molecule has 1 heterocycles. The summed E-state index contributed by atoms with van der Waals surface area (Å²) in [5.41, 5.74) is 1.33. The maximum atomic E-state index is 13.5. The smallest absolute Gasteiger partial charge is 0.139 e. The molecule has 0 amide bonds. The van der Waals surface area contributed by atoms with Crippen LogP contribution in [-0.4, -0.2) is 4.98 Å². The second kappa shape index (κ2) is 4.21. The third-order valence-electron chi connectivity index (χ3n) is 2.57. The zero-order chi connectivity index (χ0) is 12.8. The van der Waals surface area contributed by atoms with Gasteiger partial charge < -0.3 is 0 Å². The summed E-state index contributed by atoms with van der Waals surface area (Å²) < 4.78 is 13.9. The molecule has 0 aliphatic heterocycles. The van der Waals surface area contributed by atoms with Crippen molar-refractivity contribution in [1.82, 2.24) is 4.98 Å². The minimum atomic E-state index is -0.327. The molecule has 0 saturated heterocycles. The van der Waals surface area contributed by atoms with Crippen LogP contribution in [0.4, 0.5) is 4.39 Å². The largest absolute Gasteiger partial charge is 0.252 e. The summed E-state index contributed by atoms with van der Waals surface area (Å²) in [6.07, 6.45) is 0. The highest BCUT2D eigenvalue weighted by Crippen LogP contribution is 2.31. The topological polar surface area (TPSA) is 12.9 Å². The van der Waals surface area contributed by atoms with Gasteiger partial charge in [0, 0.05) is 22.6 Å². The Bertz CT molecular complexity index is 590. The van der Waals surface area contributed by atoms with Gasteiger partial charge in [0.25, 0.3) is 0 Å². The first-order valence-electron chi connectivity index (χ1n) is 5.25. The molecule has 0 saturated carbocycles. The number of aromatic nitrogens is 1. The summed E-state index contributed by atoms with van der Waals surface area (Å²) in [7, 11) is 0. The molecule has 1 aromatic carbocycles. The van der Waals surface area contributed by atoms with E-state index in [-0.39, 0.29) is 11.2 Å². The summed E-state index contributed by atoms with van der Waals surface area (Å²) in [4.78, 5) is 4.46. The van der Waals surface area contributed by atoms with Gasteiger partial charge in [-0.05, 0) is 28.1 Å². The third-order valence-corrected chi connectivity index (χ3v) is 3.49. The summed E-state index contributed by atoms with van der Waals surface area (Å²) in [5.74, 6) is -0.327. The molecule has 2 aromatic rings. The number of hydrogen-bond donors (Lipinski definition) is 0. The van der Waals surface area contributed by atoms with Crippen LogP contribution >= 0.6 is 27.5 Å². The van der Waals surface area contributed by atoms with Crippen molar-refractivity contribution in [2.75, 3.05) is 0 Å². The molecular formula is C13H12BrClFN. The lowest BCUT2D eigenvalue weighted by Gasteiger charge is -2.18. The number of hydrogen-bond acceptors (Lipinski definition) is 1. The summed E-state index contributed by atoms with van der Waals surface area (Å²) >= 11 is 9.36. The van der Waals surface area contributed by atoms with E-state index in [0.29, 0.717) is 15.0 Å². The molecule has 90 valence electrons. The molecule has 0 spiro atoms. The first-order chi connectivity index (χ1) is 7.79. The van der Waals surface area contributed by atoms with Crippen molar-refractivity contribution in [3.8, 4) is 0 Å². The van der Waals surface area contributed by atoms with E-state index in [4.69, 9.17) is 11.6 Å². The van der Waals surface area contributed by atoms with E-state index in [0.717, 1.165) is 11.1 Å². The van der Waals surface area contributed by atoms with E-state index in [1.165, 1.54) is 6.07 Å².